The average molecular weight is 520 g/mol. The van der Waals surface area contributed by atoms with Crippen molar-refractivity contribution in [3.8, 4) is 45.3 Å². The van der Waals surface area contributed by atoms with Gasteiger partial charge in [0.05, 0.1) is 23.8 Å². The summed E-state index contributed by atoms with van der Waals surface area (Å²) in [5.74, 6) is 1.66. The molecule has 2 heterocycles. The highest BCUT2D eigenvalue weighted by Gasteiger charge is 2.10. The van der Waals surface area contributed by atoms with E-state index in [9.17, 15) is 0 Å². The second kappa shape index (κ2) is 8.05. The molecule has 6 heteroatoms. The quantitative estimate of drug-likeness (QED) is 0.261. The average Bonchev–Trinajstić information content (AvgIpc) is 3.45. The number of imidazole rings is 2. The van der Waals surface area contributed by atoms with E-state index in [2.05, 4.69) is 82.1 Å². The molecule has 0 atom stereocenters. The Hall–Kier alpha value is -2.96. The zero-order valence-electron chi connectivity index (χ0n) is 15.7. The van der Waals surface area contributed by atoms with Crippen LogP contribution in [0.1, 0.15) is 0 Å². The molecule has 0 saturated carbocycles. The fraction of sp³-hybridized carbons (Fsp3) is 0. The summed E-state index contributed by atoms with van der Waals surface area (Å²) in [4.78, 5) is 16.0. The van der Waals surface area contributed by atoms with Gasteiger partial charge < -0.3 is 9.97 Å². The number of hydrogen-bond donors (Lipinski definition) is 2. The summed E-state index contributed by atoms with van der Waals surface area (Å²) >= 11 is 6.95. The Bertz CT molecular complexity index is 1200. The number of halogens is 2. The Morgan fingerprint density at radius 1 is 0.533 bits per heavy atom. The number of nitrogens with one attached hydrogen (secondary N) is 2. The molecular weight excluding hydrogens is 504 g/mol. The molecule has 4 nitrogen and oxygen atoms in total. The Morgan fingerprint density at radius 3 is 1.40 bits per heavy atom. The van der Waals surface area contributed by atoms with Crippen molar-refractivity contribution in [2.45, 2.75) is 0 Å². The molecule has 0 aliphatic rings. The van der Waals surface area contributed by atoms with E-state index in [0.29, 0.717) is 0 Å². The Kier molecular flexibility index (Phi) is 5.11. The van der Waals surface area contributed by atoms with Crippen molar-refractivity contribution >= 4 is 31.9 Å². The molecule has 0 aliphatic heterocycles. The maximum absolute atomic E-state index is 4.58. The highest BCUT2D eigenvalue weighted by Crippen LogP contribution is 2.28. The molecule has 146 valence electrons. The lowest BCUT2D eigenvalue weighted by Crippen LogP contribution is -1.85. The van der Waals surface area contributed by atoms with Gasteiger partial charge in [0.1, 0.15) is 11.6 Å². The van der Waals surface area contributed by atoms with Gasteiger partial charge in [-0.3, -0.25) is 0 Å². The molecule has 0 spiro atoms. The summed E-state index contributed by atoms with van der Waals surface area (Å²) in [6.07, 6.45) is 3.73. The van der Waals surface area contributed by atoms with Crippen LogP contribution in [0.15, 0.2) is 94.1 Å². The first-order valence-corrected chi connectivity index (χ1v) is 11.0. The molecule has 3 aromatic carbocycles. The van der Waals surface area contributed by atoms with Gasteiger partial charge in [0.15, 0.2) is 0 Å². The topological polar surface area (TPSA) is 57.4 Å². The number of H-pyrrole nitrogens is 2. The van der Waals surface area contributed by atoms with Crippen LogP contribution in [0.5, 0.6) is 0 Å². The lowest BCUT2D eigenvalue weighted by atomic mass is 10.1. The van der Waals surface area contributed by atoms with Crippen molar-refractivity contribution in [1.82, 2.24) is 19.9 Å². The highest BCUT2D eigenvalue weighted by molar-refractivity contribution is 9.10. The Morgan fingerprint density at radius 2 is 0.967 bits per heavy atom. The monoisotopic (exact) mass is 518 g/mol. The minimum Gasteiger partial charge on any atom is -0.338 e. The summed E-state index contributed by atoms with van der Waals surface area (Å²) in [5.41, 5.74) is 6.18. The van der Waals surface area contributed by atoms with Crippen LogP contribution in [0.2, 0.25) is 0 Å². The number of hydrogen-bond acceptors (Lipinski definition) is 2. The first kappa shape index (κ1) is 19.0. The van der Waals surface area contributed by atoms with Crippen molar-refractivity contribution in [1.29, 1.82) is 0 Å². The van der Waals surface area contributed by atoms with Gasteiger partial charge >= 0.3 is 0 Å². The second-order valence-electron chi connectivity index (χ2n) is 6.89. The zero-order valence-corrected chi connectivity index (χ0v) is 18.9. The summed E-state index contributed by atoms with van der Waals surface area (Å²) in [6, 6.07) is 24.5. The van der Waals surface area contributed by atoms with Crippen LogP contribution in [0, 0.1) is 0 Å². The molecule has 0 unspecified atom stereocenters. The van der Waals surface area contributed by atoms with Crippen LogP contribution in [-0.4, -0.2) is 19.9 Å². The van der Waals surface area contributed by atoms with Crippen molar-refractivity contribution in [3.63, 3.8) is 0 Å². The summed E-state index contributed by atoms with van der Waals surface area (Å²) in [5, 5.41) is 0. The molecule has 2 N–H and O–H groups in total. The molecule has 2 aromatic heterocycles. The zero-order chi connectivity index (χ0) is 20.5. The lowest BCUT2D eigenvalue weighted by molar-refractivity contribution is 1.29. The molecule has 0 aliphatic carbocycles. The van der Waals surface area contributed by atoms with Crippen LogP contribution in [0.4, 0.5) is 0 Å². The van der Waals surface area contributed by atoms with E-state index in [4.69, 9.17) is 0 Å². The van der Waals surface area contributed by atoms with Crippen molar-refractivity contribution in [2.24, 2.45) is 0 Å². The SMILES string of the molecule is Brc1ccc(-c2cnc(-c3cccc(-c4ncc(-c5ccc(Br)cc5)[nH]4)c3)[nH]2)cc1. The van der Waals surface area contributed by atoms with E-state index in [-0.39, 0.29) is 0 Å². The third-order valence-electron chi connectivity index (χ3n) is 4.87. The molecule has 0 amide bonds. The van der Waals surface area contributed by atoms with E-state index >= 15 is 0 Å². The second-order valence-corrected chi connectivity index (χ2v) is 8.72. The van der Waals surface area contributed by atoms with Crippen molar-refractivity contribution in [3.05, 3.63) is 94.1 Å². The van der Waals surface area contributed by atoms with Crippen LogP contribution >= 0.6 is 31.9 Å². The van der Waals surface area contributed by atoms with E-state index in [0.717, 1.165) is 54.2 Å². The Balaban J connectivity index is 1.44. The van der Waals surface area contributed by atoms with Crippen LogP contribution in [0.25, 0.3) is 45.3 Å². The standard InChI is InChI=1S/C24H16Br2N4/c25-19-8-4-15(5-9-19)21-13-27-23(29-21)17-2-1-3-18(12-17)24-28-14-22(30-24)16-6-10-20(26)11-7-16/h1-14H,(H,27,29)(H,28,30). The normalized spacial score (nSPS) is 11.0. The van der Waals surface area contributed by atoms with Crippen LogP contribution in [-0.2, 0) is 0 Å². The van der Waals surface area contributed by atoms with E-state index in [1.165, 1.54) is 0 Å². The first-order valence-electron chi connectivity index (χ1n) is 9.38. The summed E-state index contributed by atoms with van der Waals surface area (Å²) in [6.45, 7) is 0. The third-order valence-corrected chi connectivity index (χ3v) is 5.93. The fourth-order valence-electron chi connectivity index (χ4n) is 3.30. The van der Waals surface area contributed by atoms with Crippen molar-refractivity contribution in [2.75, 3.05) is 0 Å². The number of aromatic amines is 2. The lowest BCUT2D eigenvalue weighted by Gasteiger charge is -2.02. The van der Waals surface area contributed by atoms with Gasteiger partial charge in [-0.1, -0.05) is 74.3 Å². The smallest absolute Gasteiger partial charge is 0.137 e. The molecular formula is C24H16Br2N4. The first-order chi connectivity index (χ1) is 14.7. The number of benzene rings is 3. The maximum atomic E-state index is 4.58. The van der Waals surface area contributed by atoms with Gasteiger partial charge in [-0.25, -0.2) is 9.97 Å². The van der Waals surface area contributed by atoms with E-state index in [1.807, 2.05) is 54.9 Å². The largest absolute Gasteiger partial charge is 0.338 e. The van der Waals surface area contributed by atoms with Gasteiger partial charge in [-0.05, 0) is 41.5 Å². The van der Waals surface area contributed by atoms with Gasteiger partial charge in [0.25, 0.3) is 0 Å². The van der Waals surface area contributed by atoms with E-state index < -0.39 is 0 Å². The molecule has 5 aromatic rings. The summed E-state index contributed by atoms with van der Waals surface area (Å²) < 4.78 is 2.11. The fourth-order valence-corrected chi connectivity index (χ4v) is 3.83. The highest BCUT2D eigenvalue weighted by atomic mass is 79.9. The molecule has 0 fully saturated rings. The van der Waals surface area contributed by atoms with Gasteiger partial charge in [-0.2, -0.15) is 0 Å². The van der Waals surface area contributed by atoms with Gasteiger partial charge in [0.2, 0.25) is 0 Å². The maximum Gasteiger partial charge on any atom is 0.137 e. The minimum absolute atomic E-state index is 0.828. The Labute approximate surface area is 190 Å². The molecule has 30 heavy (non-hydrogen) atoms. The third kappa shape index (κ3) is 3.88. The van der Waals surface area contributed by atoms with Crippen LogP contribution < -0.4 is 0 Å². The van der Waals surface area contributed by atoms with Crippen molar-refractivity contribution < 1.29 is 0 Å². The predicted octanol–water partition coefficient (Wildman–Crippen LogP) is 7.33. The minimum atomic E-state index is 0.828. The molecule has 0 bridgehead atoms. The molecule has 5 rings (SSSR count). The van der Waals surface area contributed by atoms with Gasteiger partial charge in [0, 0.05) is 20.1 Å². The molecule has 0 saturated heterocycles. The van der Waals surface area contributed by atoms with E-state index in [1.54, 1.807) is 0 Å². The number of nitrogens with zero attached hydrogens (tertiary/aromatic N) is 2. The van der Waals surface area contributed by atoms with Gasteiger partial charge in [-0.15, -0.1) is 0 Å². The number of aromatic nitrogens is 4. The van der Waals surface area contributed by atoms with Crippen LogP contribution in [0.3, 0.4) is 0 Å². The molecule has 0 radical (unpaired) electrons. The predicted molar refractivity (Wildman–Crippen MR) is 128 cm³/mol. The summed E-state index contributed by atoms with van der Waals surface area (Å²) in [7, 11) is 0. The number of rotatable bonds is 4.